The molecule has 0 aliphatic rings. The van der Waals surface area contributed by atoms with Crippen LogP contribution >= 0.6 is 0 Å². The zero-order chi connectivity index (χ0) is 10.9. The highest BCUT2D eigenvalue weighted by Crippen LogP contribution is 2.10. The monoisotopic (exact) mass is 201 g/mol. The Balaban J connectivity index is 2.63. The molecular weight excluding hydrogens is 182 g/mol. The van der Waals surface area contributed by atoms with Crippen molar-refractivity contribution in [3.8, 4) is 0 Å². The van der Waals surface area contributed by atoms with Crippen LogP contribution in [0.5, 0.6) is 0 Å². The lowest BCUT2D eigenvalue weighted by atomic mass is 10.1. The van der Waals surface area contributed by atoms with E-state index in [4.69, 9.17) is 0 Å². The Morgan fingerprint density at radius 1 is 1.20 bits per heavy atom. The van der Waals surface area contributed by atoms with Gasteiger partial charge in [0.2, 0.25) is 0 Å². The Morgan fingerprint density at radius 3 is 2.53 bits per heavy atom. The van der Waals surface area contributed by atoms with E-state index in [0.717, 1.165) is 18.5 Å². The quantitative estimate of drug-likeness (QED) is 0.621. The number of unbranched alkanes of at least 4 members (excludes halogenated alkanes) is 1. The van der Waals surface area contributed by atoms with Gasteiger partial charge in [0.25, 0.3) is 0 Å². The maximum absolute atomic E-state index is 4.44. The van der Waals surface area contributed by atoms with Gasteiger partial charge in [-0.15, -0.1) is 0 Å². The minimum Gasteiger partial charge on any atom is -0.257 e. The summed E-state index contributed by atoms with van der Waals surface area (Å²) < 4.78 is 0. The molecule has 1 aromatic carbocycles. The predicted octanol–water partition coefficient (Wildman–Crippen LogP) is 4.53. The molecule has 0 aliphatic carbocycles. The second-order valence-corrected chi connectivity index (χ2v) is 3.52. The first kappa shape index (κ1) is 11.7. The highest BCUT2D eigenvalue weighted by molar-refractivity contribution is 5.80. The summed E-state index contributed by atoms with van der Waals surface area (Å²) in [5, 5.41) is 0. The van der Waals surface area contributed by atoms with Gasteiger partial charge in [0.1, 0.15) is 0 Å². The fourth-order valence-electron chi connectivity index (χ4n) is 1.29. The molecule has 1 aromatic rings. The maximum Gasteiger partial charge on any atom is 0.0629 e. The van der Waals surface area contributed by atoms with Crippen LogP contribution in [0.25, 0.3) is 0 Å². The summed E-state index contributed by atoms with van der Waals surface area (Å²) in [6.07, 6.45) is 7.64. The van der Waals surface area contributed by atoms with E-state index in [1.54, 1.807) is 0 Å². The standard InChI is InChI=1S/C14H19N/c1-3-5-9-13(4-2)12-15-14-10-7-6-8-11-14/h6-12H,3-5H2,1-2H3/b13-9-,15-12?. The lowest BCUT2D eigenvalue weighted by Crippen LogP contribution is -1.82. The lowest BCUT2D eigenvalue weighted by Gasteiger charge is -1.96. The average molecular weight is 201 g/mol. The molecule has 0 amide bonds. The molecule has 1 heteroatoms. The van der Waals surface area contributed by atoms with Gasteiger partial charge in [-0.25, -0.2) is 0 Å². The molecule has 1 rings (SSSR count). The first-order chi connectivity index (χ1) is 7.36. The summed E-state index contributed by atoms with van der Waals surface area (Å²) in [5.41, 5.74) is 2.34. The van der Waals surface area contributed by atoms with Crippen molar-refractivity contribution < 1.29 is 0 Å². The van der Waals surface area contributed by atoms with Crippen molar-refractivity contribution in [3.05, 3.63) is 42.0 Å². The van der Waals surface area contributed by atoms with Gasteiger partial charge in [0.15, 0.2) is 0 Å². The minimum absolute atomic E-state index is 1.02. The third kappa shape index (κ3) is 4.59. The van der Waals surface area contributed by atoms with E-state index in [0.29, 0.717) is 0 Å². The molecule has 0 N–H and O–H groups in total. The number of para-hydroxylation sites is 1. The number of hydrogen-bond donors (Lipinski definition) is 0. The number of aliphatic imine (C=N–C) groups is 1. The molecule has 0 saturated heterocycles. The SMILES string of the molecule is CCC/C=C(\C=Nc1ccccc1)CC. The van der Waals surface area contributed by atoms with Gasteiger partial charge >= 0.3 is 0 Å². The van der Waals surface area contributed by atoms with Gasteiger partial charge < -0.3 is 0 Å². The van der Waals surface area contributed by atoms with Crippen LogP contribution < -0.4 is 0 Å². The average Bonchev–Trinajstić information content (AvgIpc) is 2.31. The molecule has 80 valence electrons. The van der Waals surface area contributed by atoms with Gasteiger partial charge in [-0.2, -0.15) is 0 Å². The first-order valence-corrected chi connectivity index (χ1v) is 5.65. The number of nitrogens with zero attached hydrogens (tertiary/aromatic N) is 1. The van der Waals surface area contributed by atoms with Gasteiger partial charge in [0.05, 0.1) is 5.69 Å². The number of rotatable bonds is 5. The van der Waals surface area contributed by atoms with Crippen LogP contribution in [-0.4, -0.2) is 6.21 Å². The maximum atomic E-state index is 4.44. The minimum atomic E-state index is 1.02. The molecule has 15 heavy (non-hydrogen) atoms. The van der Waals surface area contributed by atoms with E-state index in [1.807, 2.05) is 36.5 Å². The van der Waals surface area contributed by atoms with Crippen molar-refractivity contribution in [2.24, 2.45) is 4.99 Å². The van der Waals surface area contributed by atoms with Crippen LogP contribution in [0.2, 0.25) is 0 Å². The molecule has 0 heterocycles. The van der Waals surface area contributed by atoms with Crippen molar-refractivity contribution in [3.63, 3.8) is 0 Å². The van der Waals surface area contributed by atoms with Crippen molar-refractivity contribution >= 4 is 11.9 Å². The van der Waals surface area contributed by atoms with Crippen LogP contribution in [0, 0.1) is 0 Å². The summed E-state index contributed by atoms with van der Waals surface area (Å²) in [7, 11) is 0. The van der Waals surface area contributed by atoms with E-state index in [-0.39, 0.29) is 0 Å². The van der Waals surface area contributed by atoms with Crippen molar-refractivity contribution in [1.82, 2.24) is 0 Å². The molecule has 0 aromatic heterocycles. The summed E-state index contributed by atoms with van der Waals surface area (Å²) in [6.45, 7) is 4.36. The first-order valence-electron chi connectivity index (χ1n) is 5.65. The van der Waals surface area contributed by atoms with Crippen molar-refractivity contribution in [2.45, 2.75) is 33.1 Å². The highest BCUT2D eigenvalue weighted by atomic mass is 14.7. The van der Waals surface area contributed by atoms with Crippen LogP contribution in [0.4, 0.5) is 5.69 Å². The van der Waals surface area contributed by atoms with Crippen LogP contribution in [0.3, 0.4) is 0 Å². The van der Waals surface area contributed by atoms with Crippen LogP contribution in [-0.2, 0) is 0 Å². The molecule has 0 saturated carbocycles. The number of allylic oxidation sites excluding steroid dienone is 2. The second-order valence-electron chi connectivity index (χ2n) is 3.52. The molecule has 0 radical (unpaired) electrons. The van der Waals surface area contributed by atoms with Crippen LogP contribution in [0.1, 0.15) is 33.1 Å². The second kappa shape index (κ2) is 6.99. The molecular formula is C14H19N. The summed E-state index contributed by atoms with van der Waals surface area (Å²) in [5.74, 6) is 0. The van der Waals surface area contributed by atoms with Crippen molar-refractivity contribution in [2.75, 3.05) is 0 Å². The van der Waals surface area contributed by atoms with E-state index in [1.165, 1.54) is 12.0 Å². The Labute approximate surface area is 92.6 Å². The molecule has 0 fully saturated rings. The Morgan fingerprint density at radius 2 is 1.93 bits per heavy atom. The molecule has 0 bridgehead atoms. The van der Waals surface area contributed by atoms with Crippen molar-refractivity contribution in [1.29, 1.82) is 0 Å². The van der Waals surface area contributed by atoms with E-state index in [2.05, 4.69) is 24.9 Å². The molecule has 1 nitrogen and oxygen atoms in total. The van der Waals surface area contributed by atoms with Gasteiger partial charge in [-0.3, -0.25) is 4.99 Å². The smallest absolute Gasteiger partial charge is 0.0629 e. The fraction of sp³-hybridized carbons (Fsp3) is 0.357. The van der Waals surface area contributed by atoms with E-state index < -0.39 is 0 Å². The van der Waals surface area contributed by atoms with E-state index in [9.17, 15) is 0 Å². The number of benzene rings is 1. The third-order valence-corrected chi connectivity index (χ3v) is 2.24. The topological polar surface area (TPSA) is 12.4 Å². The summed E-state index contributed by atoms with van der Waals surface area (Å²) in [4.78, 5) is 4.44. The third-order valence-electron chi connectivity index (χ3n) is 2.24. The lowest BCUT2D eigenvalue weighted by molar-refractivity contribution is 0.946. The highest BCUT2D eigenvalue weighted by Gasteiger charge is 1.89. The van der Waals surface area contributed by atoms with Gasteiger partial charge in [-0.1, -0.05) is 44.5 Å². The Hall–Kier alpha value is -1.37. The number of hydrogen-bond acceptors (Lipinski definition) is 1. The zero-order valence-electron chi connectivity index (χ0n) is 9.61. The molecule has 0 spiro atoms. The van der Waals surface area contributed by atoms with Crippen LogP contribution in [0.15, 0.2) is 47.0 Å². The Kier molecular flexibility index (Phi) is 5.46. The zero-order valence-corrected chi connectivity index (χ0v) is 9.61. The normalized spacial score (nSPS) is 12.3. The Bertz CT molecular complexity index is 322. The van der Waals surface area contributed by atoms with Gasteiger partial charge in [-0.05, 0) is 30.5 Å². The van der Waals surface area contributed by atoms with Gasteiger partial charge in [0, 0.05) is 6.21 Å². The fourth-order valence-corrected chi connectivity index (χ4v) is 1.29. The molecule has 0 unspecified atom stereocenters. The largest absolute Gasteiger partial charge is 0.257 e. The molecule has 0 aliphatic heterocycles. The van der Waals surface area contributed by atoms with E-state index >= 15 is 0 Å². The molecule has 0 atom stereocenters. The summed E-state index contributed by atoms with van der Waals surface area (Å²) in [6, 6.07) is 10.1. The summed E-state index contributed by atoms with van der Waals surface area (Å²) >= 11 is 0. The predicted molar refractivity (Wildman–Crippen MR) is 67.9 cm³/mol.